The first-order chi connectivity index (χ1) is 8.79. The molecular formula is C16H11NO. The first-order valence-corrected chi connectivity index (χ1v) is 5.57. The minimum absolute atomic E-state index is 0.0436. The average molecular weight is 233 g/mol. The molecule has 2 rings (SSSR count). The lowest BCUT2D eigenvalue weighted by atomic mass is 10.1. The molecule has 0 aliphatic heterocycles. The van der Waals surface area contributed by atoms with Crippen molar-refractivity contribution in [1.29, 1.82) is 5.26 Å². The SMILES string of the molecule is N#Cc1cccc(/C=C/C(=O)c2ccccc2)c1. The molecule has 2 nitrogen and oxygen atoms in total. The molecule has 0 spiro atoms. The van der Waals surface area contributed by atoms with E-state index in [-0.39, 0.29) is 5.78 Å². The van der Waals surface area contributed by atoms with Gasteiger partial charge in [0.15, 0.2) is 5.78 Å². The third-order valence-electron chi connectivity index (χ3n) is 2.50. The fourth-order valence-corrected chi connectivity index (χ4v) is 1.58. The number of hydrogen-bond donors (Lipinski definition) is 0. The second-order valence-corrected chi connectivity index (χ2v) is 3.80. The number of benzene rings is 2. The lowest BCUT2D eigenvalue weighted by molar-refractivity contribution is 0.104. The Hall–Kier alpha value is -2.66. The molecule has 0 bridgehead atoms. The van der Waals surface area contributed by atoms with Crippen LogP contribution in [0.2, 0.25) is 0 Å². The number of nitrogens with zero attached hydrogens (tertiary/aromatic N) is 1. The molecule has 0 saturated carbocycles. The highest BCUT2D eigenvalue weighted by Crippen LogP contribution is 2.08. The van der Waals surface area contributed by atoms with E-state index in [0.717, 1.165) is 5.56 Å². The second-order valence-electron chi connectivity index (χ2n) is 3.80. The molecule has 0 radical (unpaired) electrons. The van der Waals surface area contributed by atoms with Crippen molar-refractivity contribution in [2.45, 2.75) is 0 Å². The molecule has 0 aliphatic carbocycles. The van der Waals surface area contributed by atoms with E-state index in [9.17, 15) is 4.79 Å². The summed E-state index contributed by atoms with van der Waals surface area (Å²) in [7, 11) is 0. The van der Waals surface area contributed by atoms with Gasteiger partial charge in [-0.2, -0.15) is 5.26 Å². The van der Waals surface area contributed by atoms with Crippen molar-refractivity contribution in [3.8, 4) is 6.07 Å². The van der Waals surface area contributed by atoms with E-state index in [1.165, 1.54) is 6.08 Å². The number of allylic oxidation sites excluding steroid dienone is 1. The molecule has 0 heterocycles. The molecule has 0 atom stereocenters. The number of carbonyl (C=O) groups excluding carboxylic acids is 1. The van der Waals surface area contributed by atoms with Gasteiger partial charge >= 0.3 is 0 Å². The van der Waals surface area contributed by atoms with Gasteiger partial charge in [-0.1, -0.05) is 48.5 Å². The third-order valence-corrected chi connectivity index (χ3v) is 2.50. The van der Waals surface area contributed by atoms with Gasteiger partial charge in [-0.15, -0.1) is 0 Å². The summed E-state index contributed by atoms with van der Waals surface area (Å²) in [5, 5.41) is 8.78. The van der Waals surface area contributed by atoms with Gasteiger partial charge in [0, 0.05) is 5.56 Å². The Morgan fingerprint density at radius 1 is 1.06 bits per heavy atom. The van der Waals surface area contributed by atoms with Crippen LogP contribution in [0.1, 0.15) is 21.5 Å². The van der Waals surface area contributed by atoms with E-state index in [1.807, 2.05) is 24.3 Å². The maximum Gasteiger partial charge on any atom is 0.185 e. The zero-order chi connectivity index (χ0) is 12.8. The van der Waals surface area contributed by atoms with E-state index in [0.29, 0.717) is 11.1 Å². The zero-order valence-electron chi connectivity index (χ0n) is 9.71. The lowest BCUT2D eigenvalue weighted by Gasteiger charge is -1.95. The predicted molar refractivity (Wildman–Crippen MR) is 71.0 cm³/mol. The van der Waals surface area contributed by atoms with E-state index in [4.69, 9.17) is 5.26 Å². The molecule has 0 N–H and O–H groups in total. The Bertz CT molecular complexity index is 621. The molecule has 0 saturated heterocycles. The highest BCUT2D eigenvalue weighted by atomic mass is 16.1. The highest BCUT2D eigenvalue weighted by molar-refractivity contribution is 6.06. The Morgan fingerprint density at radius 2 is 1.83 bits per heavy atom. The first-order valence-electron chi connectivity index (χ1n) is 5.57. The fraction of sp³-hybridized carbons (Fsp3) is 0. The van der Waals surface area contributed by atoms with Crippen LogP contribution >= 0.6 is 0 Å². The number of carbonyl (C=O) groups is 1. The van der Waals surface area contributed by atoms with Crippen molar-refractivity contribution in [2.75, 3.05) is 0 Å². The largest absolute Gasteiger partial charge is 0.289 e. The van der Waals surface area contributed by atoms with Crippen LogP contribution in [0.5, 0.6) is 0 Å². The minimum Gasteiger partial charge on any atom is -0.289 e. The molecule has 0 aliphatic rings. The summed E-state index contributed by atoms with van der Waals surface area (Å²) < 4.78 is 0. The Balaban J connectivity index is 2.16. The summed E-state index contributed by atoms with van der Waals surface area (Å²) in [6, 6.07) is 18.3. The molecule has 86 valence electrons. The second kappa shape index (κ2) is 5.60. The third kappa shape index (κ3) is 2.93. The molecular weight excluding hydrogens is 222 g/mol. The summed E-state index contributed by atoms with van der Waals surface area (Å²) >= 11 is 0. The van der Waals surface area contributed by atoms with Gasteiger partial charge in [0.05, 0.1) is 11.6 Å². The van der Waals surface area contributed by atoms with Gasteiger partial charge < -0.3 is 0 Å². The van der Waals surface area contributed by atoms with Crippen molar-refractivity contribution in [3.63, 3.8) is 0 Å². The Kier molecular flexibility index (Phi) is 3.68. The van der Waals surface area contributed by atoms with Crippen molar-refractivity contribution in [3.05, 3.63) is 77.4 Å². The summed E-state index contributed by atoms with van der Waals surface area (Å²) in [6.07, 6.45) is 3.24. The Morgan fingerprint density at radius 3 is 2.56 bits per heavy atom. The number of rotatable bonds is 3. The fourth-order valence-electron chi connectivity index (χ4n) is 1.58. The average Bonchev–Trinajstić information content (AvgIpc) is 2.46. The van der Waals surface area contributed by atoms with Crippen LogP contribution in [-0.2, 0) is 0 Å². The van der Waals surface area contributed by atoms with Crippen molar-refractivity contribution in [2.24, 2.45) is 0 Å². The van der Waals surface area contributed by atoms with Crippen LogP contribution in [-0.4, -0.2) is 5.78 Å². The number of ketones is 1. The van der Waals surface area contributed by atoms with Crippen molar-refractivity contribution < 1.29 is 4.79 Å². The van der Waals surface area contributed by atoms with Crippen LogP contribution in [0.3, 0.4) is 0 Å². The summed E-state index contributed by atoms with van der Waals surface area (Å²) in [4.78, 5) is 11.8. The number of hydrogen-bond acceptors (Lipinski definition) is 2. The monoisotopic (exact) mass is 233 g/mol. The van der Waals surface area contributed by atoms with Gasteiger partial charge in [-0.3, -0.25) is 4.79 Å². The number of nitriles is 1. The highest BCUT2D eigenvalue weighted by Gasteiger charge is 1.99. The van der Waals surface area contributed by atoms with Gasteiger partial charge in [-0.25, -0.2) is 0 Å². The van der Waals surface area contributed by atoms with E-state index in [2.05, 4.69) is 6.07 Å². The summed E-state index contributed by atoms with van der Waals surface area (Å²) in [6.45, 7) is 0. The molecule has 2 aromatic rings. The van der Waals surface area contributed by atoms with Gasteiger partial charge in [0.1, 0.15) is 0 Å². The zero-order valence-corrected chi connectivity index (χ0v) is 9.71. The van der Waals surface area contributed by atoms with Gasteiger partial charge in [0.25, 0.3) is 0 Å². The molecule has 0 amide bonds. The predicted octanol–water partition coefficient (Wildman–Crippen LogP) is 3.45. The quantitative estimate of drug-likeness (QED) is 0.601. The van der Waals surface area contributed by atoms with Crippen molar-refractivity contribution in [1.82, 2.24) is 0 Å². The van der Waals surface area contributed by atoms with E-state index < -0.39 is 0 Å². The van der Waals surface area contributed by atoms with Gasteiger partial charge in [-0.05, 0) is 23.8 Å². The van der Waals surface area contributed by atoms with Crippen LogP contribution < -0.4 is 0 Å². The van der Waals surface area contributed by atoms with E-state index >= 15 is 0 Å². The van der Waals surface area contributed by atoms with Crippen LogP contribution in [0.15, 0.2) is 60.7 Å². The molecule has 0 aromatic heterocycles. The molecule has 18 heavy (non-hydrogen) atoms. The maximum absolute atomic E-state index is 11.8. The van der Waals surface area contributed by atoms with E-state index in [1.54, 1.807) is 36.4 Å². The maximum atomic E-state index is 11.8. The molecule has 0 unspecified atom stereocenters. The van der Waals surface area contributed by atoms with Crippen LogP contribution in [0.25, 0.3) is 6.08 Å². The first kappa shape index (κ1) is 11.8. The topological polar surface area (TPSA) is 40.9 Å². The van der Waals surface area contributed by atoms with Gasteiger partial charge in [0.2, 0.25) is 0 Å². The minimum atomic E-state index is -0.0436. The summed E-state index contributed by atoms with van der Waals surface area (Å²) in [5.41, 5.74) is 2.09. The van der Waals surface area contributed by atoms with Crippen molar-refractivity contribution >= 4 is 11.9 Å². The Labute approximate surface area is 106 Å². The van der Waals surface area contributed by atoms with Crippen LogP contribution in [0.4, 0.5) is 0 Å². The molecule has 2 heteroatoms. The molecule has 0 fully saturated rings. The standard InChI is InChI=1S/C16H11NO/c17-12-14-6-4-5-13(11-14)9-10-16(18)15-7-2-1-3-8-15/h1-11H/b10-9+. The normalized spacial score (nSPS) is 10.2. The summed E-state index contributed by atoms with van der Waals surface area (Å²) in [5.74, 6) is -0.0436. The lowest BCUT2D eigenvalue weighted by Crippen LogP contribution is -1.92. The molecule has 2 aromatic carbocycles. The van der Waals surface area contributed by atoms with Crippen LogP contribution in [0, 0.1) is 11.3 Å². The smallest absolute Gasteiger partial charge is 0.185 e.